The summed E-state index contributed by atoms with van der Waals surface area (Å²) in [5.41, 5.74) is 1.02. The third-order valence-electron chi connectivity index (χ3n) is 2.57. The van der Waals surface area contributed by atoms with Gasteiger partial charge in [-0.25, -0.2) is 9.59 Å². The van der Waals surface area contributed by atoms with Crippen LogP contribution >= 0.6 is 0 Å². The number of benzene rings is 1. The second kappa shape index (κ2) is 7.64. The van der Waals surface area contributed by atoms with Crippen LogP contribution < -0.4 is 9.47 Å². The van der Waals surface area contributed by atoms with Crippen LogP contribution in [0.3, 0.4) is 0 Å². The maximum Gasteiger partial charge on any atom is 0.516 e. The summed E-state index contributed by atoms with van der Waals surface area (Å²) >= 11 is 0. The summed E-state index contributed by atoms with van der Waals surface area (Å²) in [6.45, 7) is 0. The zero-order chi connectivity index (χ0) is 16.7. The van der Waals surface area contributed by atoms with E-state index in [2.05, 4.69) is 14.6 Å². The molecule has 2 aromatic rings. The van der Waals surface area contributed by atoms with E-state index in [-0.39, 0.29) is 11.4 Å². The molecule has 0 aliphatic heterocycles. The van der Waals surface area contributed by atoms with Crippen LogP contribution in [0.5, 0.6) is 11.7 Å². The van der Waals surface area contributed by atoms with Gasteiger partial charge < -0.3 is 23.5 Å². The van der Waals surface area contributed by atoms with Gasteiger partial charge in [-0.3, -0.25) is 0 Å². The number of ether oxygens (including phenoxy) is 4. The Balaban J connectivity index is 2.29. The topological polar surface area (TPSA) is 97.1 Å². The monoisotopic (exact) mass is 319 g/mol. The summed E-state index contributed by atoms with van der Waals surface area (Å²) in [4.78, 5) is 22.5. The Bertz CT molecular complexity index is 706. The first kappa shape index (κ1) is 16.1. The first-order chi connectivity index (χ1) is 11.1. The van der Waals surface area contributed by atoms with Crippen LogP contribution in [0.15, 0.2) is 34.9 Å². The summed E-state index contributed by atoms with van der Waals surface area (Å²) in [5.74, 6) is -0.621. The number of rotatable bonds is 4. The molecule has 23 heavy (non-hydrogen) atoms. The van der Waals surface area contributed by atoms with Crippen LogP contribution in [0.2, 0.25) is 0 Å². The molecule has 0 aliphatic carbocycles. The van der Waals surface area contributed by atoms with Gasteiger partial charge in [0.25, 0.3) is 0 Å². The Morgan fingerprint density at radius 1 is 1.00 bits per heavy atom. The zero-order valence-electron chi connectivity index (χ0n) is 12.3. The molecule has 0 fully saturated rings. The molecule has 120 valence electrons. The lowest BCUT2D eigenvalue weighted by Gasteiger charge is -2.02. The molecule has 0 amide bonds. The van der Waals surface area contributed by atoms with Gasteiger partial charge in [0.2, 0.25) is 5.75 Å². The number of hydrogen-bond donors (Lipinski definition) is 0. The number of carbonyl (C=O) groups is 2. The number of carbonyl (C=O) groups excluding carboxylic acids is 2. The fourth-order valence-electron chi connectivity index (χ4n) is 1.52. The molecule has 0 saturated heterocycles. The van der Waals surface area contributed by atoms with Crippen molar-refractivity contribution >= 4 is 24.5 Å². The van der Waals surface area contributed by atoms with Crippen LogP contribution in [-0.4, -0.2) is 31.7 Å². The largest absolute Gasteiger partial charge is 0.516 e. The molecule has 0 radical (unpaired) electrons. The summed E-state index contributed by atoms with van der Waals surface area (Å²) in [6.07, 6.45) is 1.18. The lowest BCUT2D eigenvalue weighted by molar-refractivity contribution is 0.0992. The van der Waals surface area contributed by atoms with Crippen molar-refractivity contribution in [3.05, 3.63) is 41.6 Å². The lowest BCUT2D eigenvalue weighted by Crippen LogP contribution is -2.11. The van der Waals surface area contributed by atoms with Crippen molar-refractivity contribution in [2.24, 2.45) is 0 Å². The van der Waals surface area contributed by atoms with Crippen molar-refractivity contribution in [2.45, 2.75) is 0 Å². The van der Waals surface area contributed by atoms with Crippen molar-refractivity contribution in [3.8, 4) is 11.7 Å². The molecule has 8 heteroatoms. The zero-order valence-corrected chi connectivity index (χ0v) is 12.3. The molecule has 0 saturated carbocycles. The maximum atomic E-state index is 11.3. The van der Waals surface area contributed by atoms with Crippen molar-refractivity contribution < 1.29 is 33.1 Å². The number of hydrogen-bond acceptors (Lipinski definition) is 8. The van der Waals surface area contributed by atoms with Gasteiger partial charge in [0.15, 0.2) is 5.69 Å². The lowest BCUT2D eigenvalue weighted by atomic mass is 10.2. The smallest absolute Gasteiger partial charge is 0.437 e. The van der Waals surface area contributed by atoms with E-state index < -0.39 is 18.3 Å². The highest BCUT2D eigenvalue weighted by Crippen LogP contribution is 2.33. The van der Waals surface area contributed by atoms with Gasteiger partial charge in [-0.2, -0.15) is 0 Å². The van der Waals surface area contributed by atoms with E-state index in [0.717, 1.165) is 19.8 Å². The van der Waals surface area contributed by atoms with Gasteiger partial charge >= 0.3 is 18.3 Å². The fraction of sp³-hybridized carbons (Fsp3) is 0.133. The molecule has 8 nitrogen and oxygen atoms in total. The van der Waals surface area contributed by atoms with Crippen LogP contribution in [0.4, 0.5) is 9.59 Å². The summed E-state index contributed by atoms with van der Waals surface area (Å²) in [7, 11) is 2.26. The van der Waals surface area contributed by atoms with E-state index in [9.17, 15) is 9.59 Å². The van der Waals surface area contributed by atoms with Gasteiger partial charge in [-0.05, 0) is 11.6 Å². The molecule has 0 unspecified atom stereocenters. The second-order valence-electron chi connectivity index (χ2n) is 4.04. The first-order valence-electron chi connectivity index (χ1n) is 6.38. The standard InChI is InChI=1S/C15H13NO7/c1-19-14(17)21-12-11(9-8-10-6-4-3-5-7-10)16-23-13(12)22-15(18)20-2/h3-9H,1-2H3/b9-8+. The highest BCUT2D eigenvalue weighted by Gasteiger charge is 2.24. The van der Waals surface area contributed by atoms with Gasteiger partial charge in [-0.1, -0.05) is 41.6 Å². The predicted octanol–water partition coefficient (Wildman–Crippen LogP) is 3.14. The van der Waals surface area contributed by atoms with Crippen molar-refractivity contribution in [1.29, 1.82) is 0 Å². The third kappa shape index (κ3) is 4.34. The van der Waals surface area contributed by atoms with Crippen LogP contribution in [0, 0.1) is 0 Å². The molecule has 0 N–H and O–H groups in total. The quantitative estimate of drug-likeness (QED) is 0.793. The third-order valence-corrected chi connectivity index (χ3v) is 2.57. The maximum absolute atomic E-state index is 11.3. The molecule has 0 bridgehead atoms. The van der Waals surface area contributed by atoms with Crippen LogP contribution in [0.25, 0.3) is 12.2 Å². The van der Waals surface area contributed by atoms with Gasteiger partial charge in [0.05, 0.1) is 14.2 Å². The Morgan fingerprint density at radius 2 is 1.65 bits per heavy atom. The Morgan fingerprint density at radius 3 is 2.30 bits per heavy atom. The summed E-state index contributed by atoms with van der Waals surface area (Å²) in [5, 5.41) is 3.68. The van der Waals surface area contributed by atoms with E-state index in [1.165, 1.54) is 6.08 Å². The highest BCUT2D eigenvalue weighted by molar-refractivity contribution is 5.75. The van der Waals surface area contributed by atoms with Crippen LogP contribution in [0.1, 0.15) is 11.3 Å². The van der Waals surface area contributed by atoms with E-state index >= 15 is 0 Å². The van der Waals surface area contributed by atoms with Crippen molar-refractivity contribution in [2.75, 3.05) is 14.2 Å². The minimum Gasteiger partial charge on any atom is -0.437 e. The van der Waals surface area contributed by atoms with E-state index in [0.29, 0.717) is 0 Å². The Labute approximate surface area is 131 Å². The minimum absolute atomic E-state index is 0.137. The summed E-state index contributed by atoms with van der Waals surface area (Å²) in [6, 6.07) is 9.33. The van der Waals surface area contributed by atoms with E-state index in [1.54, 1.807) is 6.08 Å². The number of nitrogens with zero attached hydrogens (tertiary/aromatic N) is 1. The summed E-state index contributed by atoms with van der Waals surface area (Å²) < 4.78 is 23.2. The first-order valence-corrected chi connectivity index (χ1v) is 6.38. The van der Waals surface area contributed by atoms with Gasteiger partial charge in [0.1, 0.15) is 0 Å². The average molecular weight is 319 g/mol. The second-order valence-corrected chi connectivity index (χ2v) is 4.04. The fourth-order valence-corrected chi connectivity index (χ4v) is 1.52. The normalized spacial score (nSPS) is 10.3. The molecular weight excluding hydrogens is 306 g/mol. The van der Waals surface area contributed by atoms with Crippen molar-refractivity contribution in [1.82, 2.24) is 5.16 Å². The van der Waals surface area contributed by atoms with Gasteiger partial charge in [0, 0.05) is 0 Å². The van der Waals surface area contributed by atoms with Crippen molar-refractivity contribution in [3.63, 3.8) is 0 Å². The highest BCUT2D eigenvalue weighted by atomic mass is 16.8. The molecule has 2 rings (SSSR count). The Kier molecular flexibility index (Phi) is 5.35. The molecular formula is C15H13NO7. The minimum atomic E-state index is -1.05. The molecule has 0 atom stereocenters. The van der Waals surface area contributed by atoms with Gasteiger partial charge in [-0.15, -0.1) is 0 Å². The van der Waals surface area contributed by atoms with E-state index in [4.69, 9.17) is 14.0 Å². The SMILES string of the molecule is COC(=O)Oc1onc(/C=C/c2ccccc2)c1OC(=O)OC. The number of aromatic nitrogens is 1. The molecule has 1 aromatic carbocycles. The van der Waals surface area contributed by atoms with E-state index in [1.807, 2.05) is 30.3 Å². The van der Waals surface area contributed by atoms with Crippen LogP contribution in [-0.2, 0) is 9.47 Å². The molecule has 1 aromatic heterocycles. The Hall–Kier alpha value is -3.29. The molecule has 0 aliphatic rings. The average Bonchev–Trinajstić information content (AvgIpc) is 2.95. The molecule has 0 spiro atoms. The predicted molar refractivity (Wildman–Crippen MR) is 77.9 cm³/mol. The molecule has 1 heterocycles. The number of methoxy groups -OCH3 is 2.